The molecule has 0 spiro atoms. The fourth-order valence-corrected chi connectivity index (χ4v) is 1.37. The lowest BCUT2D eigenvalue weighted by atomic mass is 10.1. The minimum Gasteiger partial charge on any atom is -0.334 e. The summed E-state index contributed by atoms with van der Waals surface area (Å²) in [6, 6.07) is 2.05. The Labute approximate surface area is 96.4 Å². The fourth-order valence-electron chi connectivity index (χ4n) is 1.37. The van der Waals surface area contributed by atoms with Gasteiger partial charge in [0.15, 0.2) is 5.82 Å². The molecule has 6 heteroatoms. The number of nitrogens with zero attached hydrogens (tertiary/aromatic N) is 2. The van der Waals surface area contributed by atoms with Crippen LogP contribution < -0.4 is 5.73 Å². The molecule has 17 heavy (non-hydrogen) atoms. The molecule has 0 bridgehead atoms. The average Bonchev–Trinajstić information content (AvgIpc) is 2.73. The molecule has 1 aromatic carbocycles. The predicted molar refractivity (Wildman–Crippen MR) is 57.0 cm³/mol. The molecular weight excluding hydrogens is 228 g/mol. The number of hydrogen-bond acceptors (Lipinski definition) is 4. The van der Waals surface area contributed by atoms with Gasteiger partial charge in [0.05, 0.1) is 6.04 Å². The van der Waals surface area contributed by atoms with Crippen LogP contribution in [0.1, 0.15) is 24.4 Å². The quantitative estimate of drug-likeness (QED) is 0.873. The number of rotatable bonds is 2. The van der Waals surface area contributed by atoms with E-state index in [-0.39, 0.29) is 17.3 Å². The summed E-state index contributed by atoms with van der Waals surface area (Å²) >= 11 is 0. The first-order valence-electron chi connectivity index (χ1n) is 5.05. The first-order chi connectivity index (χ1) is 8.00. The van der Waals surface area contributed by atoms with Gasteiger partial charge in [0.2, 0.25) is 0 Å². The van der Waals surface area contributed by atoms with Crippen molar-refractivity contribution in [3.05, 3.63) is 35.2 Å². The summed E-state index contributed by atoms with van der Waals surface area (Å²) < 4.78 is 32.1. The summed E-state index contributed by atoms with van der Waals surface area (Å²) in [6.07, 6.45) is 0. The Bertz CT molecular complexity index is 552. The van der Waals surface area contributed by atoms with Crippen molar-refractivity contribution in [3.8, 4) is 11.5 Å². The Morgan fingerprint density at radius 1 is 1.35 bits per heavy atom. The van der Waals surface area contributed by atoms with Gasteiger partial charge in [-0.1, -0.05) is 11.2 Å². The van der Waals surface area contributed by atoms with Gasteiger partial charge in [-0.25, -0.2) is 8.78 Å². The number of hydrogen-bond donors (Lipinski definition) is 1. The number of nitrogens with two attached hydrogens (primary N) is 1. The third-order valence-corrected chi connectivity index (χ3v) is 2.35. The lowest BCUT2D eigenvalue weighted by molar-refractivity contribution is 0.413. The fraction of sp³-hybridized carbons (Fsp3) is 0.273. The van der Waals surface area contributed by atoms with Gasteiger partial charge in [0.25, 0.3) is 5.89 Å². The van der Waals surface area contributed by atoms with Crippen LogP contribution in [0.4, 0.5) is 8.78 Å². The minimum atomic E-state index is -0.743. The molecule has 1 unspecified atom stereocenters. The maximum Gasteiger partial charge on any atom is 0.263 e. The van der Waals surface area contributed by atoms with Crippen molar-refractivity contribution in [3.63, 3.8) is 0 Å². The first kappa shape index (κ1) is 11.7. The van der Waals surface area contributed by atoms with Crippen molar-refractivity contribution in [1.82, 2.24) is 10.1 Å². The first-order valence-corrected chi connectivity index (χ1v) is 5.05. The Balaban J connectivity index is 2.56. The van der Waals surface area contributed by atoms with Crippen molar-refractivity contribution >= 4 is 0 Å². The Morgan fingerprint density at radius 2 is 2.06 bits per heavy atom. The second-order valence-electron chi connectivity index (χ2n) is 3.80. The summed E-state index contributed by atoms with van der Waals surface area (Å²) in [5.74, 6) is -1.44. The molecule has 0 aliphatic carbocycles. The van der Waals surface area contributed by atoms with E-state index in [0.29, 0.717) is 5.56 Å². The van der Waals surface area contributed by atoms with Crippen LogP contribution in [0.15, 0.2) is 16.7 Å². The molecule has 0 aliphatic heterocycles. The summed E-state index contributed by atoms with van der Waals surface area (Å²) in [5.41, 5.74) is 5.53. The molecule has 2 aromatic rings. The van der Waals surface area contributed by atoms with Gasteiger partial charge < -0.3 is 10.3 Å². The molecule has 0 fully saturated rings. The van der Waals surface area contributed by atoms with Gasteiger partial charge in [0, 0.05) is 0 Å². The molecule has 0 aliphatic rings. The van der Waals surface area contributed by atoms with Crippen LogP contribution in [0.2, 0.25) is 0 Å². The molecular formula is C11H11F2N3O. The molecule has 1 atom stereocenters. The highest BCUT2D eigenvalue weighted by molar-refractivity contribution is 5.56. The number of halogens is 2. The zero-order valence-corrected chi connectivity index (χ0v) is 9.37. The molecule has 90 valence electrons. The van der Waals surface area contributed by atoms with Crippen molar-refractivity contribution in [2.24, 2.45) is 5.73 Å². The third kappa shape index (κ3) is 2.03. The van der Waals surface area contributed by atoms with Gasteiger partial charge in [-0.2, -0.15) is 4.98 Å². The van der Waals surface area contributed by atoms with Crippen LogP contribution in [0, 0.1) is 18.6 Å². The molecule has 0 amide bonds. The van der Waals surface area contributed by atoms with Gasteiger partial charge in [-0.05, 0) is 25.5 Å². The van der Waals surface area contributed by atoms with E-state index in [9.17, 15) is 8.78 Å². The van der Waals surface area contributed by atoms with Crippen molar-refractivity contribution in [2.75, 3.05) is 0 Å². The number of aromatic nitrogens is 2. The lowest BCUT2D eigenvalue weighted by Crippen LogP contribution is -2.06. The molecule has 2 rings (SSSR count). The largest absolute Gasteiger partial charge is 0.334 e. The molecule has 2 N–H and O–H groups in total. The topological polar surface area (TPSA) is 64.9 Å². The summed E-state index contributed by atoms with van der Waals surface area (Å²) in [4.78, 5) is 3.86. The highest BCUT2D eigenvalue weighted by Gasteiger charge is 2.20. The smallest absolute Gasteiger partial charge is 0.263 e. The molecule has 4 nitrogen and oxygen atoms in total. The predicted octanol–water partition coefficient (Wildman–Crippen LogP) is 2.34. The van der Waals surface area contributed by atoms with Crippen LogP contribution in [-0.4, -0.2) is 10.1 Å². The molecule has 0 saturated heterocycles. The van der Waals surface area contributed by atoms with Crippen molar-refractivity contribution in [1.29, 1.82) is 0 Å². The summed E-state index contributed by atoms with van der Waals surface area (Å²) in [6.45, 7) is 3.18. The highest BCUT2D eigenvalue weighted by atomic mass is 19.1. The zero-order chi connectivity index (χ0) is 12.6. The van der Waals surface area contributed by atoms with Crippen LogP contribution >= 0.6 is 0 Å². The molecule has 0 radical (unpaired) electrons. The van der Waals surface area contributed by atoms with Crippen molar-refractivity contribution < 1.29 is 13.3 Å². The van der Waals surface area contributed by atoms with E-state index >= 15 is 0 Å². The average molecular weight is 239 g/mol. The number of benzene rings is 1. The summed E-state index contributed by atoms with van der Waals surface area (Å²) in [5, 5.41) is 3.56. The summed E-state index contributed by atoms with van der Waals surface area (Å²) in [7, 11) is 0. The van der Waals surface area contributed by atoms with Crippen molar-refractivity contribution in [2.45, 2.75) is 19.9 Å². The molecule has 1 aromatic heterocycles. The number of aryl methyl sites for hydroxylation is 1. The lowest BCUT2D eigenvalue weighted by Gasteiger charge is -2.02. The Morgan fingerprint density at radius 3 is 2.65 bits per heavy atom. The van der Waals surface area contributed by atoms with E-state index < -0.39 is 17.7 Å². The second-order valence-corrected chi connectivity index (χ2v) is 3.80. The Hall–Kier alpha value is -1.82. The van der Waals surface area contributed by atoms with Gasteiger partial charge in [0.1, 0.15) is 17.2 Å². The van der Waals surface area contributed by atoms with E-state index in [2.05, 4.69) is 10.1 Å². The minimum absolute atomic E-state index is 0.198. The maximum absolute atomic E-state index is 13.8. The Kier molecular flexibility index (Phi) is 2.89. The third-order valence-electron chi connectivity index (χ3n) is 2.35. The monoisotopic (exact) mass is 239 g/mol. The normalized spacial score (nSPS) is 12.8. The standard InChI is InChI=1S/C11H11F2N3O/c1-5-3-4-7(12)8(9(5)13)11-15-10(6(2)14)16-17-11/h3-4,6H,14H2,1-2H3. The van der Waals surface area contributed by atoms with E-state index in [1.54, 1.807) is 6.92 Å². The van der Waals surface area contributed by atoms with E-state index in [0.717, 1.165) is 6.07 Å². The van der Waals surface area contributed by atoms with Crippen LogP contribution in [-0.2, 0) is 0 Å². The van der Waals surface area contributed by atoms with Gasteiger partial charge in [-0.3, -0.25) is 0 Å². The van der Waals surface area contributed by atoms with E-state index in [1.807, 2.05) is 0 Å². The van der Waals surface area contributed by atoms with Gasteiger partial charge in [-0.15, -0.1) is 0 Å². The maximum atomic E-state index is 13.8. The second kappa shape index (κ2) is 4.21. The van der Waals surface area contributed by atoms with Crippen LogP contribution in [0.25, 0.3) is 11.5 Å². The molecule has 1 heterocycles. The molecule has 0 saturated carbocycles. The highest BCUT2D eigenvalue weighted by Crippen LogP contribution is 2.27. The zero-order valence-electron chi connectivity index (χ0n) is 9.37. The van der Waals surface area contributed by atoms with Crippen LogP contribution in [0.5, 0.6) is 0 Å². The van der Waals surface area contributed by atoms with Crippen LogP contribution in [0.3, 0.4) is 0 Å². The van der Waals surface area contributed by atoms with Gasteiger partial charge >= 0.3 is 0 Å². The van der Waals surface area contributed by atoms with E-state index in [1.165, 1.54) is 13.0 Å². The van der Waals surface area contributed by atoms with E-state index in [4.69, 9.17) is 10.3 Å². The SMILES string of the molecule is Cc1ccc(F)c(-c2nc(C(C)N)no2)c1F.